The van der Waals surface area contributed by atoms with E-state index in [4.69, 9.17) is 18.5 Å². The predicted octanol–water partition coefficient (Wildman–Crippen LogP) is 7.16. The first-order valence-electron chi connectivity index (χ1n) is 20.8. The fraction of sp³-hybridized carbons (Fsp3) is 0.674. The van der Waals surface area contributed by atoms with E-state index in [9.17, 15) is 44.6 Å². The van der Waals surface area contributed by atoms with Gasteiger partial charge in [0.2, 0.25) is 0 Å². The molecule has 1 fully saturated rings. The molecule has 13 nitrogen and oxygen atoms in total. The molecule has 0 heterocycles. The molecule has 326 valence electrons. The molecule has 7 unspecified atom stereocenters. The number of ether oxygens (including phenoxy) is 2. The van der Waals surface area contributed by atoms with E-state index < -0.39 is 75.7 Å². The largest absolute Gasteiger partial charge is 0.472 e. The minimum Gasteiger partial charge on any atom is -0.462 e. The first-order chi connectivity index (χ1) is 27.4. The topological polar surface area (TPSA) is 210 Å². The van der Waals surface area contributed by atoms with E-state index >= 15 is 0 Å². The number of carbonyl (C=O) groups excluding carboxylic acids is 2. The van der Waals surface area contributed by atoms with Crippen LogP contribution < -0.4 is 0 Å². The van der Waals surface area contributed by atoms with Crippen LogP contribution in [-0.2, 0) is 32.7 Å². The molecule has 1 saturated carbocycles. The molecule has 0 aromatic rings. The molecular formula is C43H71O13P. The summed E-state index contributed by atoms with van der Waals surface area (Å²) in [5.41, 5.74) is 0. The van der Waals surface area contributed by atoms with Crippen LogP contribution in [0.4, 0.5) is 0 Å². The van der Waals surface area contributed by atoms with Crippen LogP contribution >= 0.6 is 7.82 Å². The molecular weight excluding hydrogens is 755 g/mol. The first kappa shape index (κ1) is 52.3. The van der Waals surface area contributed by atoms with Crippen LogP contribution in [0.25, 0.3) is 0 Å². The van der Waals surface area contributed by atoms with Gasteiger partial charge in [-0.2, -0.15) is 0 Å². The van der Waals surface area contributed by atoms with Crippen molar-refractivity contribution in [2.45, 2.75) is 172 Å². The van der Waals surface area contributed by atoms with E-state index in [2.05, 4.69) is 38.2 Å². The van der Waals surface area contributed by atoms with Crippen molar-refractivity contribution < 1.29 is 63.1 Å². The van der Waals surface area contributed by atoms with Gasteiger partial charge in [0.15, 0.2) is 6.10 Å². The summed E-state index contributed by atoms with van der Waals surface area (Å²) < 4.78 is 33.3. The Balaban J connectivity index is 2.57. The molecule has 1 rings (SSSR count). The van der Waals surface area contributed by atoms with Crippen molar-refractivity contribution in [2.75, 3.05) is 13.2 Å². The number of rotatable bonds is 32. The minimum atomic E-state index is -5.14. The molecule has 0 aromatic carbocycles. The summed E-state index contributed by atoms with van der Waals surface area (Å²) in [4.78, 5) is 35.5. The van der Waals surface area contributed by atoms with Gasteiger partial charge in [-0.1, -0.05) is 138 Å². The van der Waals surface area contributed by atoms with E-state index in [1.54, 1.807) is 0 Å². The lowest BCUT2D eigenvalue weighted by Gasteiger charge is -2.41. The number of aliphatic hydroxyl groups is 5. The summed E-state index contributed by atoms with van der Waals surface area (Å²) in [7, 11) is -5.14. The Morgan fingerprint density at radius 2 is 1.11 bits per heavy atom. The number of unbranched alkanes of at least 4 members (excludes halogenated alkanes) is 11. The normalized spacial score (nSPS) is 23.4. The highest BCUT2D eigenvalue weighted by molar-refractivity contribution is 7.47. The number of hydrogen-bond donors (Lipinski definition) is 6. The maximum Gasteiger partial charge on any atom is 0.472 e. The summed E-state index contributed by atoms with van der Waals surface area (Å²) in [6.07, 6.45) is 27.0. The van der Waals surface area contributed by atoms with Crippen LogP contribution in [0, 0.1) is 0 Å². The SMILES string of the molecule is CC/C=C/C=C/C=C/C=C/CCCCCCCC(=O)OCC(COP(=O)(O)OC1C(O)C(O)C(O)[C@H](O)C1O)OC(=O)CC/C=C/C/C=C/CCCCCCCC. The van der Waals surface area contributed by atoms with Gasteiger partial charge < -0.3 is 39.9 Å². The highest BCUT2D eigenvalue weighted by Crippen LogP contribution is 2.47. The van der Waals surface area contributed by atoms with Crippen molar-refractivity contribution in [2.24, 2.45) is 0 Å². The summed E-state index contributed by atoms with van der Waals surface area (Å²) in [6.45, 7) is 3.05. The number of aliphatic hydroxyl groups excluding tert-OH is 5. The van der Waals surface area contributed by atoms with E-state index in [1.165, 1.54) is 38.5 Å². The molecule has 0 saturated heterocycles. The molecule has 57 heavy (non-hydrogen) atoms. The van der Waals surface area contributed by atoms with Crippen molar-refractivity contribution in [3.8, 4) is 0 Å². The van der Waals surface area contributed by atoms with Gasteiger partial charge in [-0.15, -0.1) is 0 Å². The molecule has 0 aliphatic heterocycles. The van der Waals surface area contributed by atoms with Crippen LogP contribution in [0.2, 0.25) is 0 Å². The van der Waals surface area contributed by atoms with E-state index in [1.807, 2.05) is 48.6 Å². The Bertz CT molecular complexity index is 1280. The zero-order valence-corrected chi connectivity index (χ0v) is 35.0. The van der Waals surface area contributed by atoms with Crippen LogP contribution in [-0.4, -0.2) is 98.3 Å². The van der Waals surface area contributed by atoms with Gasteiger partial charge in [0, 0.05) is 12.8 Å². The zero-order valence-electron chi connectivity index (χ0n) is 34.1. The quantitative estimate of drug-likeness (QED) is 0.0131. The maximum atomic E-state index is 12.8. The van der Waals surface area contributed by atoms with Gasteiger partial charge in [0.25, 0.3) is 0 Å². The Morgan fingerprint density at radius 3 is 1.74 bits per heavy atom. The van der Waals surface area contributed by atoms with Gasteiger partial charge in [0.05, 0.1) is 6.61 Å². The van der Waals surface area contributed by atoms with Gasteiger partial charge >= 0.3 is 19.8 Å². The molecule has 1 aliphatic carbocycles. The second-order valence-electron chi connectivity index (χ2n) is 14.2. The second-order valence-corrected chi connectivity index (χ2v) is 15.6. The zero-order chi connectivity index (χ0) is 42.2. The third-order valence-corrected chi connectivity index (χ3v) is 10.1. The van der Waals surface area contributed by atoms with Crippen LogP contribution in [0.5, 0.6) is 0 Å². The Labute approximate surface area is 340 Å². The van der Waals surface area contributed by atoms with Gasteiger partial charge in [-0.25, -0.2) is 4.57 Å². The fourth-order valence-electron chi connectivity index (χ4n) is 5.76. The van der Waals surface area contributed by atoms with Crippen LogP contribution in [0.1, 0.15) is 129 Å². The van der Waals surface area contributed by atoms with Crippen molar-refractivity contribution in [1.29, 1.82) is 0 Å². The van der Waals surface area contributed by atoms with E-state index in [-0.39, 0.29) is 12.8 Å². The van der Waals surface area contributed by atoms with E-state index in [0.29, 0.717) is 12.8 Å². The Hall–Kier alpha value is -2.71. The third-order valence-electron chi connectivity index (χ3n) is 9.14. The highest BCUT2D eigenvalue weighted by atomic mass is 31.2. The molecule has 0 radical (unpaired) electrons. The number of carbonyl (C=O) groups is 2. The van der Waals surface area contributed by atoms with Crippen molar-refractivity contribution in [1.82, 2.24) is 0 Å². The smallest absolute Gasteiger partial charge is 0.462 e. The van der Waals surface area contributed by atoms with Gasteiger partial charge in [-0.05, 0) is 51.4 Å². The lowest BCUT2D eigenvalue weighted by molar-refractivity contribution is -0.220. The van der Waals surface area contributed by atoms with Crippen molar-refractivity contribution >= 4 is 19.8 Å². The van der Waals surface area contributed by atoms with Crippen LogP contribution in [0.15, 0.2) is 72.9 Å². The highest BCUT2D eigenvalue weighted by Gasteiger charge is 2.51. The standard InChI is InChI=1S/C43H71O13P/c1-3-5-7-9-11-13-15-17-18-20-21-23-25-27-29-31-36(44)53-33-35(34-54-57(51,52)56-43-41(49)39(47)38(46)40(48)42(43)50)55-37(45)32-30-28-26-24-22-19-16-14-12-10-8-6-4-2/h5,7,9,11,13,15,17-19,22,26,28,35,38-43,46-50H,3-4,6,8,10,12,14,16,20-21,23-25,27,29-34H2,1-2H3,(H,51,52)/b7-5+,11-9+,15-13+,18-17+,22-19+,28-26+/t35?,38?,39-,40?,41?,42?,43?/m0/s1. The monoisotopic (exact) mass is 826 g/mol. The van der Waals surface area contributed by atoms with Crippen molar-refractivity contribution in [3.05, 3.63) is 72.9 Å². The third kappa shape index (κ3) is 26.1. The number of hydrogen-bond acceptors (Lipinski definition) is 12. The lowest BCUT2D eigenvalue weighted by atomic mass is 9.85. The summed E-state index contributed by atoms with van der Waals surface area (Å²) in [5, 5.41) is 50.0. The molecule has 1 aliphatic rings. The molecule has 14 heteroatoms. The summed E-state index contributed by atoms with van der Waals surface area (Å²) in [6, 6.07) is 0. The first-order valence-corrected chi connectivity index (χ1v) is 22.3. The number of allylic oxidation sites excluding steroid dienone is 12. The minimum absolute atomic E-state index is 0.0188. The average molecular weight is 827 g/mol. The molecule has 0 amide bonds. The summed E-state index contributed by atoms with van der Waals surface area (Å²) in [5.74, 6) is -1.21. The average Bonchev–Trinajstić information content (AvgIpc) is 3.19. The summed E-state index contributed by atoms with van der Waals surface area (Å²) >= 11 is 0. The molecule has 0 bridgehead atoms. The fourth-order valence-corrected chi connectivity index (χ4v) is 6.73. The second kappa shape index (κ2) is 33.2. The number of phosphoric ester groups is 1. The number of esters is 2. The van der Waals surface area contributed by atoms with Gasteiger partial charge in [-0.3, -0.25) is 18.6 Å². The molecule has 0 spiro atoms. The number of phosphoric acid groups is 1. The van der Waals surface area contributed by atoms with Gasteiger partial charge in [0.1, 0.15) is 43.2 Å². The predicted molar refractivity (Wildman–Crippen MR) is 221 cm³/mol. The lowest BCUT2D eigenvalue weighted by Crippen LogP contribution is -2.64. The molecule has 0 aromatic heterocycles. The van der Waals surface area contributed by atoms with Crippen LogP contribution in [0.3, 0.4) is 0 Å². The van der Waals surface area contributed by atoms with Crippen molar-refractivity contribution in [3.63, 3.8) is 0 Å². The molecule has 6 N–H and O–H groups in total. The van der Waals surface area contributed by atoms with E-state index in [0.717, 1.165) is 51.4 Å². The molecule has 8 atom stereocenters. The Kier molecular flexibility index (Phi) is 30.4. The maximum absolute atomic E-state index is 12.8. The Morgan fingerprint density at radius 1 is 0.579 bits per heavy atom.